The summed E-state index contributed by atoms with van der Waals surface area (Å²) in [5.74, 6) is -0.972. The number of carboxylic acid groups (broad SMARTS) is 1. The summed E-state index contributed by atoms with van der Waals surface area (Å²) in [4.78, 5) is 10.2. The van der Waals surface area contributed by atoms with Crippen molar-refractivity contribution in [3.05, 3.63) is 0 Å². The number of carboxylic acids is 1. The molecule has 0 aliphatic carbocycles. The molecule has 0 fully saturated rings. The van der Waals surface area contributed by atoms with Crippen molar-refractivity contribution in [2.45, 2.75) is 19.4 Å². The molecule has 3 heteroatoms. The van der Waals surface area contributed by atoms with Gasteiger partial charge in [0, 0.05) is 1.37 Å². The third-order valence-corrected chi connectivity index (χ3v) is 0.910. The minimum Gasteiger partial charge on any atom is -0.480 e. The van der Waals surface area contributed by atoms with Crippen LogP contribution in [-0.4, -0.2) is 24.2 Å². The highest BCUT2D eigenvalue weighted by Gasteiger charge is 2.09. The molecule has 48 valence electrons. The Bertz CT molecular complexity index is 105. The van der Waals surface area contributed by atoms with Gasteiger partial charge in [-0.25, -0.2) is 0 Å². The van der Waals surface area contributed by atoms with Crippen LogP contribution in [0.5, 0.6) is 0 Å². The summed E-state index contributed by atoms with van der Waals surface area (Å²) in [5.41, 5.74) is 0. The van der Waals surface area contributed by atoms with Gasteiger partial charge in [-0.2, -0.15) is 0 Å². The highest BCUT2D eigenvalue weighted by atomic mass is 16.4. The van der Waals surface area contributed by atoms with Gasteiger partial charge in [0.15, 0.2) is 0 Å². The summed E-state index contributed by atoms with van der Waals surface area (Å²) in [6, 6.07) is -0.745. The van der Waals surface area contributed by atoms with Gasteiger partial charge in [-0.05, 0) is 13.4 Å². The first-order chi connectivity index (χ1) is 4.09. The number of likely N-dealkylation sites (N-methyl/N-ethyl adjacent to an activating group) is 1. The van der Waals surface area contributed by atoms with Crippen molar-refractivity contribution in [1.29, 1.82) is 0 Å². The smallest absolute Gasteiger partial charge is 0.320 e. The molecule has 0 aliphatic rings. The van der Waals surface area contributed by atoms with Crippen LogP contribution in [0.2, 0.25) is 0 Å². The van der Waals surface area contributed by atoms with E-state index in [4.69, 9.17) is 6.48 Å². The third kappa shape index (κ3) is 1.93. The van der Waals surface area contributed by atoms with Crippen molar-refractivity contribution in [2.75, 3.05) is 7.05 Å². The molecule has 0 amide bonds. The normalized spacial score (nSPS) is 19.0. The number of hydrogen-bond acceptors (Lipinski definition) is 2. The van der Waals surface area contributed by atoms with Gasteiger partial charge >= 0.3 is 5.97 Å². The zero-order valence-corrected chi connectivity index (χ0v) is 5.01. The van der Waals surface area contributed by atoms with Gasteiger partial charge in [0.25, 0.3) is 0 Å². The molecule has 0 aromatic rings. The molecule has 2 unspecified atom stereocenters. The Morgan fingerprint density at radius 1 is 2.12 bits per heavy atom. The zero-order valence-electron chi connectivity index (χ0n) is 6.01. The van der Waals surface area contributed by atoms with Gasteiger partial charge in [-0.1, -0.05) is 6.92 Å². The van der Waals surface area contributed by atoms with Crippen LogP contribution in [0.1, 0.15) is 14.7 Å². The summed E-state index contributed by atoms with van der Waals surface area (Å²) < 4.78 is 7.02. The van der Waals surface area contributed by atoms with Crippen LogP contribution in [0.3, 0.4) is 0 Å². The fourth-order valence-corrected chi connectivity index (χ4v) is 0.433. The van der Waals surface area contributed by atoms with E-state index >= 15 is 0 Å². The maximum absolute atomic E-state index is 10.2. The molecule has 2 N–H and O–H groups in total. The first kappa shape index (κ1) is 5.56. The fraction of sp³-hybridized carbons (Fsp3) is 0.800. The molecule has 0 saturated heterocycles. The number of nitrogens with one attached hydrogen (secondary N) is 1. The molecule has 2 atom stereocenters. The topological polar surface area (TPSA) is 49.3 Å². The Morgan fingerprint density at radius 3 is 2.62 bits per heavy atom. The lowest BCUT2D eigenvalue weighted by molar-refractivity contribution is -0.139. The van der Waals surface area contributed by atoms with Gasteiger partial charge in [0.05, 0.1) is 0 Å². The monoisotopic (exact) mass is 118 g/mol. The quantitative estimate of drug-likeness (QED) is 0.551. The lowest BCUT2D eigenvalue weighted by Crippen LogP contribution is -2.32. The van der Waals surface area contributed by atoms with Crippen molar-refractivity contribution in [1.82, 2.24) is 5.32 Å². The average molecular weight is 118 g/mol. The second kappa shape index (κ2) is 3.43. The molecular formula is C5H11NO2. The highest BCUT2D eigenvalue weighted by Crippen LogP contribution is 1.86. The zero-order chi connectivity index (χ0) is 7.44. The second-order valence-corrected chi connectivity index (χ2v) is 1.44. The van der Waals surface area contributed by atoms with E-state index in [1.807, 2.05) is 0 Å². The van der Waals surface area contributed by atoms with E-state index < -0.39 is 18.4 Å². The van der Waals surface area contributed by atoms with Crippen molar-refractivity contribution in [3.8, 4) is 0 Å². The SMILES string of the molecule is [2H]C(C)C(NC)C(=O)O. The molecule has 3 nitrogen and oxygen atoms in total. The summed E-state index contributed by atoms with van der Waals surface area (Å²) in [5, 5.41) is 10.9. The summed E-state index contributed by atoms with van der Waals surface area (Å²) in [6.45, 7) is 1.54. The Balaban J connectivity index is 3.83. The Labute approximate surface area is 50.1 Å². The molecule has 0 aromatic carbocycles. The summed E-state index contributed by atoms with van der Waals surface area (Å²) in [7, 11) is 1.53. The number of rotatable bonds is 3. The van der Waals surface area contributed by atoms with E-state index in [9.17, 15) is 4.79 Å². The predicted molar refractivity (Wildman–Crippen MR) is 30.8 cm³/mol. The van der Waals surface area contributed by atoms with Crippen LogP contribution in [0.15, 0.2) is 0 Å². The number of hydrogen-bond donors (Lipinski definition) is 2. The minimum absolute atomic E-state index is 0.604. The van der Waals surface area contributed by atoms with Crippen LogP contribution in [0, 0.1) is 0 Å². The Morgan fingerprint density at radius 2 is 2.62 bits per heavy atom. The minimum atomic E-state index is -0.972. The fourth-order valence-electron chi connectivity index (χ4n) is 0.433. The van der Waals surface area contributed by atoms with Gasteiger partial charge < -0.3 is 10.4 Å². The highest BCUT2D eigenvalue weighted by molar-refractivity contribution is 5.73. The van der Waals surface area contributed by atoms with Gasteiger partial charge in [-0.15, -0.1) is 0 Å². The van der Waals surface area contributed by atoms with Crippen molar-refractivity contribution in [3.63, 3.8) is 0 Å². The predicted octanol–water partition coefficient (Wildman–Crippen LogP) is 0.0690. The van der Waals surface area contributed by atoms with E-state index in [1.54, 1.807) is 0 Å². The molecule has 0 bridgehead atoms. The molecule has 0 aromatic heterocycles. The number of carbonyl (C=O) groups is 1. The molecule has 0 saturated carbocycles. The van der Waals surface area contributed by atoms with E-state index in [0.29, 0.717) is 0 Å². The van der Waals surface area contributed by atoms with Gasteiger partial charge in [-0.3, -0.25) is 4.79 Å². The Hall–Kier alpha value is -0.570. The van der Waals surface area contributed by atoms with E-state index in [1.165, 1.54) is 14.0 Å². The largest absolute Gasteiger partial charge is 0.480 e. The lowest BCUT2D eigenvalue weighted by Gasteiger charge is -2.05. The van der Waals surface area contributed by atoms with E-state index in [2.05, 4.69) is 5.32 Å². The summed E-state index contributed by atoms with van der Waals surface area (Å²) in [6.07, 6.45) is -0.604. The maximum Gasteiger partial charge on any atom is 0.320 e. The van der Waals surface area contributed by atoms with E-state index in [0.717, 1.165) is 0 Å². The van der Waals surface area contributed by atoms with Crippen molar-refractivity contribution in [2.24, 2.45) is 0 Å². The lowest BCUT2D eigenvalue weighted by atomic mass is 10.2. The first-order valence-electron chi connectivity index (χ1n) is 2.99. The summed E-state index contributed by atoms with van der Waals surface area (Å²) >= 11 is 0. The number of aliphatic carboxylic acids is 1. The molecule has 0 rings (SSSR count). The molecular weight excluding hydrogens is 106 g/mol. The molecule has 8 heavy (non-hydrogen) atoms. The van der Waals surface area contributed by atoms with Crippen LogP contribution in [-0.2, 0) is 4.79 Å². The Kier molecular flexibility index (Phi) is 2.39. The second-order valence-electron chi connectivity index (χ2n) is 1.44. The van der Waals surface area contributed by atoms with E-state index in [-0.39, 0.29) is 0 Å². The van der Waals surface area contributed by atoms with Crippen LogP contribution < -0.4 is 5.32 Å². The molecule has 0 spiro atoms. The molecule has 0 aliphatic heterocycles. The van der Waals surface area contributed by atoms with Crippen molar-refractivity contribution < 1.29 is 11.3 Å². The average Bonchev–Trinajstić information content (AvgIpc) is 1.64. The van der Waals surface area contributed by atoms with Crippen LogP contribution in [0.4, 0.5) is 0 Å². The standard InChI is InChI=1S/C5H11NO2/c1-3-4(6-2)5(7)8/h4,6H,3H2,1-2H3,(H,7,8)/i3D. The first-order valence-corrected chi connectivity index (χ1v) is 2.42. The third-order valence-electron chi connectivity index (χ3n) is 0.910. The van der Waals surface area contributed by atoms with Gasteiger partial charge in [0.1, 0.15) is 6.04 Å². The van der Waals surface area contributed by atoms with Crippen LogP contribution >= 0.6 is 0 Å². The van der Waals surface area contributed by atoms with Crippen LogP contribution in [0.25, 0.3) is 0 Å². The maximum atomic E-state index is 10.2. The van der Waals surface area contributed by atoms with Gasteiger partial charge in [0.2, 0.25) is 0 Å². The van der Waals surface area contributed by atoms with Crippen molar-refractivity contribution >= 4 is 5.97 Å². The molecule has 0 heterocycles. The molecule has 0 radical (unpaired) electrons.